The van der Waals surface area contributed by atoms with Crippen molar-refractivity contribution >= 4 is 35.8 Å². The Morgan fingerprint density at radius 2 is 1.85 bits per heavy atom. The van der Waals surface area contributed by atoms with E-state index in [0.717, 1.165) is 43.5 Å². The Bertz CT molecular complexity index is 902. The van der Waals surface area contributed by atoms with Crippen molar-refractivity contribution in [3.05, 3.63) is 65.5 Å². The van der Waals surface area contributed by atoms with Crippen LogP contribution in [0.2, 0.25) is 0 Å². The second-order valence-electron chi connectivity index (χ2n) is 7.96. The first-order valence-electron chi connectivity index (χ1n) is 11.3. The molecule has 2 aromatic carbocycles. The van der Waals surface area contributed by atoms with Crippen LogP contribution in [0, 0.1) is 5.82 Å². The molecule has 33 heavy (non-hydrogen) atoms. The summed E-state index contributed by atoms with van der Waals surface area (Å²) >= 11 is 0. The molecule has 1 aliphatic rings. The van der Waals surface area contributed by atoms with Crippen LogP contribution in [0.25, 0.3) is 0 Å². The average Bonchev–Trinajstić information content (AvgIpc) is 2.83. The number of hydrogen-bond acceptors (Lipinski definition) is 3. The molecule has 3 rings (SSSR count). The zero-order valence-corrected chi connectivity index (χ0v) is 21.7. The van der Waals surface area contributed by atoms with Gasteiger partial charge >= 0.3 is 0 Å². The quantitative estimate of drug-likeness (QED) is 0.278. The number of carbonyl (C=O) groups excluding carboxylic acids is 1. The lowest BCUT2D eigenvalue weighted by molar-refractivity contribution is 0.0724. The van der Waals surface area contributed by atoms with Crippen LogP contribution in [-0.2, 0) is 6.54 Å². The van der Waals surface area contributed by atoms with E-state index in [2.05, 4.69) is 15.6 Å². The second kappa shape index (κ2) is 14.0. The van der Waals surface area contributed by atoms with Gasteiger partial charge < -0.3 is 20.3 Å². The average molecular weight is 568 g/mol. The zero-order chi connectivity index (χ0) is 22.8. The molecule has 1 fully saturated rings. The van der Waals surface area contributed by atoms with Gasteiger partial charge in [-0.3, -0.25) is 9.79 Å². The molecule has 2 aromatic rings. The number of rotatable bonds is 8. The smallest absolute Gasteiger partial charge is 0.253 e. The molecule has 0 aliphatic carbocycles. The van der Waals surface area contributed by atoms with Crippen LogP contribution < -0.4 is 15.4 Å². The van der Waals surface area contributed by atoms with E-state index in [-0.39, 0.29) is 41.8 Å². The number of hydrogen-bond donors (Lipinski definition) is 2. The molecule has 1 amide bonds. The van der Waals surface area contributed by atoms with Crippen molar-refractivity contribution in [1.29, 1.82) is 0 Å². The molecular formula is C25H34FIN4O2. The predicted molar refractivity (Wildman–Crippen MR) is 141 cm³/mol. The summed E-state index contributed by atoms with van der Waals surface area (Å²) in [5, 5.41) is 6.54. The van der Waals surface area contributed by atoms with Gasteiger partial charge in [0.05, 0.1) is 6.54 Å². The summed E-state index contributed by atoms with van der Waals surface area (Å²) in [4.78, 5) is 18.8. The number of amides is 1. The third-order valence-electron chi connectivity index (χ3n) is 5.58. The minimum absolute atomic E-state index is 0. The third-order valence-corrected chi connectivity index (χ3v) is 5.58. The maximum Gasteiger partial charge on any atom is 0.253 e. The monoisotopic (exact) mass is 568 g/mol. The number of benzene rings is 2. The molecule has 0 aromatic heterocycles. The zero-order valence-electron chi connectivity index (χ0n) is 19.4. The van der Waals surface area contributed by atoms with Crippen LogP contribution in [0.4, 0.5) is 4.39 Å². The van der Waals surface area contributed by atoms with Gasteiger partial charge in [-0.1, -0.05) is 25.1 Å². The summed E-state index contributed by atoms with van der Waals surface area (Å²) < 4.78 is 19.2. The van der Waals surface area contributed by atoms with Crippen molar-refractivity contribution in [3.8, 4) is 5.75 Å². The Morgan fingerprint density at radius 1 is 1.12 bits per heavy atom. The highest BCUT2D eigenvalue weighted by atomic mass is 127. The highest BCUT2D eigenvalue weighted by molar-refractivity contribution is 14.0. The van der Waals surface area contributed by atoms with E-state index in [9.17, 15) is 9.18 Å². The first-order chi connectivity index (χ1) is 15.6. The van der Waals surface area contributed by atoms with Crippen LogP contribution >= 0.6 is 24.0 Å². The predicted octanol–water partition coefficient (Wildman–Crippen LogP) is 4.59. The standard InChI is InChI=1S/C25H33FN4O2.HI/c1-3-22(32-23-9-7-8-21(26)16-23)18-29-25(27-2)28-17-19-10-12-20(13-11-19)24(31)30-14-5-4-6-15-30;/h7-13,16,22H,3-6,14-15,17-18H2,1-2H3,(H2,27,28,29);1H. The van der Waals surface area contributed by atoms with Gasteiger partial charge in [-0.25, -0.2) is 4.39 Å². The maximum absolute atomic E-state index is 13.4. The van der Waals surface area contributed by atoms with Crippen LogP contribution in [0.3, 0.4) is 0 Å². The van der Waals surface area contributed by atoms with Crippen molar-refractivity contribution in [3.63, 3.8) is 0 Å². The third kappa shape index (κ3) is 8.49. The van der Waals surface area contributed by atoms with Crippen molar-refractivity contribution in [1.82, 2.24) is 15.5 Å². The number of ether oxygens (including phenoxy) is 1. The van der Waals surface area contributed by atoms with E-state index < -0.39 is 0 Å². The first kappa shape index (κ1) is 26.9. The molecule has 180 valence electrons. The normalized spacial score (nSPS) is 14.8. The SMILES string of the molecule is CCC(CNC(=NC)NCc1ccc(C(=O)N2CCCCC2)cc1)Oc1cccc(F)c1.I. The van der Waals surface area contributed by atoms with E-state index in [0.29, 0.717) is 24.8 Å². The number of likely N-dealkylation sites (tertiary alicyclic amines) is 1. The van der Waals surface area contributed by atoms with E-state index >= 15 is 0 Å². The molecule has 0 bridgehead atoms. The van der Waals surface area contributed by atoms with Gasteiger partial charge in [0.25, 0.3) is 5.91 Å². The molecule has 1 aliphatic heterocycles. The van der Waals surface area contributed by atoms with Gasteiger partial charge in [0, 0.05) is 38.3 Å². The highest BCUT2D eigenvalue weighted by Crippen LogP contribution is 2.15. The van der Waals surface area contributed by atoms with Gasteiger partial charge in [-0.05, 0) is 55.5 Å². The molecule has 0 saturated carbocycles. The lowest BCUT2D eigenvalue weighted by Crippen LogP contribution is -2.42. The Labute approximate surface area is 213 Å². The van der Waals surface area contributed by atoms with E-state index in [4.69, 9.17) is 4.74 Å². The Balaban J connectivity index is 0.00000385. The summed E-state index contributed by atoms with van der Waals surface area (Å²) in [5.74, 6) is 0.970. The number of carbonyl (C=O) groups is 1. The number of halogens is 2. The first-order valence-corrected chi connectivity index (χ1v) is 11.3. The van der Waals surface area contributed by atoms with Crippen molar-refractivity contribution in [2.75, 3.05) is 26.7 Å². The highest BCUT2D eigenvalue weighted by Gasteiger charge is 2.18. The fourth-order valence-electron chi connectivity index (χ4n) is 3.66. The number of piperidine rings is 1. The molecule has 1 unspecified atom stereocenters. The summed E-state index contributed by atoms with van der Waals surface area (Å²) in [6.45, 7) is 4.85. The minimum Gasteiger partial charge on any atom is -0.489 e. The topological polar surface area (TPSA) is 66.0 Å². The van der Waals surface area contributed by atoms with Crippen molar-refractivity contribution < 1.29 is 13.9 Å². The van der Waals surface area contributed by atoms with Crippen molar-refractivity contribution in [2.45, 2.75) is 45.3 Å². The number of guanidine groups is 1. The Morgan fingerprint density at radius 3 is 2.48 bits per heavy atom. The van der Waals surface area contributed by atoms with Crippen LogP contribution in [0.15, 0.2) is 53.5 Å². The summed E-state index contributed by atoms with van der Waals surface area (Å²) in [7, 11) is 1.71. The second-order valence-corrected chi connectivity index (χ2v) is 7.96. The molecule has 2 N–H and O–H groups in total. The minimum atomic E-state index is -0.313. The molecular weight excluding hydrogens is 534 g/mol. The van der Waals surface area contributed by atoms with E-state index in [1.54, 1.807) is 19.2 Å². The van der Waals surface area contributed by atoms with Gasteiger partial charge in [-0.15, -0.1) is 24.0 Å². The van der Waals surface area contributed by atoms with E-state index in [1.165, 1.54) is 18.6 Å². The molecule has 0 radical (unpaired) electrons. The fraction of sp³-hybridized carbons (Fsp3) is 0.440. The number of aliphatic imine (C=N–C) groups is 1. The van der Waals surface area contributed by atoms with Gasteiger partial charge in [-0.2, -0.15) is 0 Å². The lowest BCUT2D eigenvalue weighted by atomic mass is 10.1. The maximum atomic E-state index is 13.4. The summed E-state index contributed by atoms with van der Waals surface area (Å²) in [6, 6.07) is 13.9. The molecule has 6 nitrogen and oxygen atoms in total. The van der Waals surface area contributed by atoms with Gasteiger partial charge in [0.1, 0.15) is 17.7 Å². The lowest BCUT2D eigenvalue weighted by Gasteiger charge is -2.26. The number of nitrogens with one attached hydrogen (secondary N) is 2. The Hall–Kier alpha value is -2.36. The molecule has 1 saturated heterocycles. The van der Waals surface area contributed by atoms with Crippen LogP contribution in [0.5, 0.6) is 5.75 Å². The molecule has 0 spiro atoms. The van der Waals surface area contributed by atoms with Crippen molar-refractivity contribution in [2.24, 2.45) is 4.99 Å². The number of nitrogens with zero attached hydrogens (tertiary/aromatic N) is 2. The summed E-state index contributed by atoms with van der Waals surface area (Å²) in [6.07, 6.45) is 4.04. The van der Waals surface area contributed by atoms with Crippen LogP contribution in [0.1, 0.15) is 48.5 Å². The summed E-state index contributed by atoms with van der Waals surface area (Å²) in [5.41, 5.74) is 1.80. The fourth-order valence-corrected chi connectivity index (χ4v) is 3.66. The van der Waals surface area contributed by atoms with Crippen LogP contribution in [-0.4, -0.2) is 49.6 Å². The van der Waals surface area contributed by atoms with Gasteiger partial charge in [0.15, 0.2) is 5.96 Å². The molecule has 1 heterocycles. The Kier molecular flexibility index (Phi) is 11.4. The largest absolute Gasteiger partial charge is 0.489 e. The molecule has 8 heteroatoms. The van der Waals surface area contributed by atoms with E-state index in [1.807, 2.05) is 36.1 Å². The van der Waals surface area contributed by atoms with Gasteiger partial charge in [0.2, 0.25) is 0 Å². The molecule has 1 atom stereocenters.